The molecule has 0 saturated carbocycles. The van der Waals surface area contributed by atoms with Crippen molar-refractivity contribution in [2.24, 2.45) is 0 Å². The number of methoxy groups -OCH3 is 1. The Labute approximate surface area is 162 Å². The summed E-state index contributed by atoms with van der Waals surface area (Å²) in [6, 6.07) is 12.6. The summed E-state index contributed by atoms with van der Waals surface area (Å²) in [7, 11) is 1.61. The van der Waals surface area contributed by atoms with Gasteiger partial charge >= 0.3 is 5.97 Å². The Kier molecular flexibility index (Phi) is 6.21. The number of rotatable bonds is 8. The molecule has 8 heteroatoms. The second-order valence-corrected chi connectivity index (χ2v) is 6.10. The van der Waals surface area contributed by atoms with Gasteiger partial charge in [-0.1, -0.05) is 23.4 Å². The van der Waals surface area contributed by atoms with Crippen molar-refractivity contribution in [2.75, 3.05) is 20.3 Å². The zero-order valence-corrected chi connectivity index (χ0v) is 15.8. The lowest BCUT2D eigenvalue weighted by Gasteiger charge is -2.09. The van der Waals surface area contributed by atoms with Crippen LogP contribution >= 0.6 is 0 Å². The van der Waals surface area contributed by atoms with Gasteiger partial charge in [-0.25, -0.2) is 9.48 Å². The van der Waals surface area contributed by atoms with Crippen LogP contribution in [0.25, 0.3) is 11.0 Å². The molecule has 0 spiro atoms. The molecule has 1 aromatic heterocycles. The fraction of sp³-hybridized carbons (Fsp3) is 0.300. The molecule has 3 rings (SSSR count). The summed E-state index contributed by atoms with van der Waals surface area (Å²) in [4.78, 5) is 24.1. The Morgan fingerprint density at radius 2 is 2.00 bits per heavy atom. The second kappa shape index (κ2) is 8.98. The Hall–Kier alpha value is -3.42. The first-order chi connectivity index (χ1) is 13.6. The van der Waals surface area contributed by atoms with E-state index in [2.05, 4.69) is 15.6 Å². The normalized spacial score (nSPS) is 10.6. The van der Waals surface area contributed by atoms with Gasteiger partial charge in [0.1, 0.15) is 11.3 Å². The number of aromatic nitrogens is 3. The van der Waals surface area contributed by atoms with E-state index in [-0.39, 0.29) is 12.5 Å². The van der Waals surface area contributed by atoms with Crippen LogP contribution in [0.15, 0.2) is 42.5 Å². The molecule has 8 nitrogen and oxygen atoms in total. The van der Waals surface area contributed by atoms with E-state index in [1.165, 1.54) is 0 Å². The number of benzene rings is 2. The molecule has 0 radical (unpaired) electrons. The van der Waals surface area contributed by atoms with Crippen LogP contribution in [0.4, 0.5) is 0 Å². The van der Waals surface area contributed by atoms with Gasteiger partial charge in [0, 0.05) is 13.1 Å². The second-order valence-electron chi connectivity index (χ2n) is 6.10. The van der Waals surface area contributed by atoms with Gasteiger partial charge < -0.3 is 14.8 Å². The van der Waals surface area contributed by atoms with Crippen molar-refractivity contribution in [1.29, 1.82) is 0 Å². The summed E-state index contributed by atoms with van der Waals surface area (Å²) in [5.74, 6) is -0.160. The minimum absolute atomic E-state index is 0.331. The zero-order chi connectivity index (χ0) is 19.9. The van der Waals surface area contributed by atoms with Crippen molar-refractivity contribution in [3.05, 3.63) is 53.6 Å². The van der Waals surface area contributed by atoms with Crippen molar-refractivity contribution in [3.8, 4) is 5.75 Å². The number of hydrogen-bond acceptors (Lipinski definition) is 6. The van der Waals surface area contributed by atoms with Gasteiger partial charge in [0.25, 0.3) is 5.91 Å². The molecule has 0 fully saturated rings. The molecule has 146 valence electrons. The van der Waals surface area contributed by atoms with Crippen LogP contribution in [0.3, 0.4) is 0 Å². The number of para-hydroxylation sites is 1. The maximum atomic E-state index is 12.2. The summed E-state index contributed by atoms with van der Waals surface area (Å²) in [5.41, 5.74) is 2.78. The summed E-state index contributed by atoms with van der Waals surface area (Å²) < 4.78 is 12.1. The number of esters is 1. The van der Waals surface area contributed by atoms with Crippen molar-refractivity contribution in [2.45, 2.75) is 19.9 Å². The molecule has 3 aromatic rings. The van der Waals surface area contributed by atoms with E-state index in [1.807, 2.05) is 31.2 Å². The Balaban J connectivity index is 1.48. The molecule has 1 amide bonds. The molecular formula is C20H22N4O4. The van der Waals surface area contributed by atoms with E-state index >= 15 is 0 Å². The Morgan fingerprint density at radius 1 is 1.18 bits per heavy atom. The predicted molar refractivity (Wildman–Crippen MR) is 103 cm³/mol. The zero-order valence-electron chi connectivity index (χ0n) is 15.8. The number of aryl methyl sites for hydroxylation is 1. The molecule has 0 atom stereocenters. The third-order valence-electron chi connectivity index (χ3n) is 4.29. The van der Waals surface area contributed by atoms with Gasteiger partial charge in [-0.05, 0) is 43.2 Å². The first-order valence-corrected chi connectivity index (χ1v) is 9.01. The van der Waals surface area contributed by atoms with E-state index in [0.29, 0.717) is 30.6 Å². The van der Waals surface area contributed by atoms with Crippen LogP contribution in [0.1, 0.15) is 22.8 Å². The molecule has 0 unspecified atom stereocenters. The van der Waals surface area contributed by atoms with E-state index in [4.69, 9.17) is 9.47 Å². The van der Waals surface area contributed by atoms with Gasteiger partial charge in [0.2, 0.25) is 0 Å². The maximum absolute atomic E-state index is 12.2. The average Bonchev–Trinajstić information content (AvgIpc) is 3.14. The molecule has 0 saturated heterocycles. The highest BCUT2D eigenvalue weighted by Gasteiger charge is 2.13. The van der Waals surface area contributed by atoms with Crippen LogP contribution in [0.5, 0.6) is 5.75 Å². The fourth-order valence-corrected chi connectivity index (χ4v) is 2.84. The first-order valence-electron chi connectivity index (χ1n) is 9.01. The van der Waals surface area contributed by atoms with Crippen LogP contribution < -0.4 is 10.1 Å². The number of fused-ring (bicyclic) bond motifs is 1. The lowest BCUT2D eigenvalue weighted by molar-refractivity contribution is -0.124. The smallest absolute Gasteiger partial charge is 0.338 e. The SMILES string of the molecule is CCn1nnc2cc(C(=O)OCC(=O)NCCc3ccccc3OC)ccc21. The van der Waals surface area contributed by atoms with Crippen molar-refractivity contribution < 1.29 is 19.1 Å². The van der Waals surface area contributed by atoms with Gasteiger partial charge in [-0.15, -0.1) is 5.10 Å². The number of carbonyl (C=O) groups excluding carboxylic acids is 2. The number of carbonyl (C=O) groups is 2. The molecular weight excluding hydrogens is 360 g/mol. The highest BCUT2D eigenvalue weighted by atomic mass is 16.5. The maximum Gasteiger partial charge on any atom is 0.338 e. The first kappa shape index (κ1) is 19.3. The summed E-state index contributed by atoms with van der Waals surface area (Å²) >= 11 is 0. The molecule has 0 aliphatic rings. The molecule has 0 aliphatic carbocycles. The third-order valence-corrected chi connectivity index (χ3v) is 4.29. The molecule has 0 aliphatic heterocycles. The molecule has 1 N–H and O–H groups in total. The predicted octanol–water partition coefficient (Wildman–Crippen LogP) is 1.98. The van der Waals surface area contributed by atoms with Crippen molar-refractivity contribution in [3.63, 3.8) is 0 Å². The van der Waals surface area contributed by atoms with Crippen molar-refractivity contribution in [1.82, 2.24) is 20.3 Å². The third kappa shape index (κ3) is 4.46. The highest BCUT2D eigenvalue weighted by molar-refractivity contribution is 5.94. The minimum Gasteiger partial charge on any atom is -0.496 e. The summed E-state index contributed by atoms with van der Waals surface area (Å²) in [6.45, 7) is 2.73. The van der Waals surface area contributed by atoms with Gasteiger partial charge in [0.05, 0.1) is 18.2 Å². The Bertz CT molecular complexity index is 983. The summed E-state index contributed by atoms with van der Waals surface area (Å²) in [6.07, 6.45) is 0.619. The Morgan fingerprint density at radius 3 is 2.79 bits per heavy atom. The molecule has 0 bridgehead atoms. The topological polar surface area (TPSA) is 95.3 Å². The number of nitrogens with one attached hydrogen (secondary N) is 1. The number of nitrogens with zero attached hydrogens (tertiary/aromatic N) is 3. The lowest BCUT2D eigenvalue weighted by Crippen LogP contribution is -2.30. The van der Waals surface area contributed by atoms with E-state index < -0.39 is 5.97 Å². The summed E-state index contributed by atoms with van der Waals surface area (Å²) in [5, 5.41) is 10.8. The monoisotopic (exact) mass is 382 g/mol. The molecule has 1 heterocycles. The fourth-order valence-electron chi connectivity index (χ4n) is 2.84. The van der Waals surface area contributed by atoms with Gasteiger partial charge in [-0.3, -0.25) is 4.79 Å². The van der Waals surface area contributed by atoms with E-state index in [9.17, 15) is 9.59 Å². The largest absolute Gasteiger partial charge is 0.496 e. The minimum atomic E-state index is -0.576. The van der Waals surface area contributed by atoms with Crippen LogP contribution in [-0.4, -0.2) is 47.1 Å². The standard InChI is InChI=1S/C20H22N4O4/c1-3-24-17-9-8-15(12-16(17)22-23-24)20(26)28-13-19(25)21-11-10-14-6-4-5-7-18(14)27-2/h4-9,12H,3,10-11,13H2,1-2H3,(H,21,25). The van der Waals surface area contributed by atoms with E-state index in [0.717, 1.165) is 16.8 Å². The van der Waals surface area contributed by atoms with Crippen LogP contribution in [0.2, 0.25) is 0 Å². The average molecular weight is 382 g/mol. The number of ether oxygens (including phenoxy) is 2. The quantitative estimate of drug-likeness (QED) is 0.599. The number of hydrogen-bond donors (Lipinski definition) is 1. The van der Waals surface area contributed by atoms with Crippen LogP contribution in [0, 0.1) is 0 Å². The highest BCUT2D eigenvalue weighted by Crippen LogP contribution is 2.17. The van der Waals surface area contributed by atoms with E-state index in [1.54, 1.807) is 30.0 Å². The van der Waals surface area contributed by atoms with Gasteiger partial charge in [-0.2, -0.15) is 0 Å². The molecule has 2 aromatic carbocycles. The van der Waals surface area contributed by atoms with Gasteiger partial charge in [0.15, 0.2) is 6.61 Å². The lowest BCUT2D eigenvalue weighted by atomic mass is 10.1. The number of amides is 1. The van der Waals surface area contributed by atoms with Crippen LogP contribution in [-0.2, 0) is 22.5 Å². The molecule has 28 heavy (non-hydrogen) atoms. The van der Waals surface area contributed by atoms with Crippen molar-refractivity contribution >= 4 is 22.9 Å².